The Morgan fingerprint density at radius 1 is 1.24 bits per heavy atom. The van der Waals surface area contributed by atoms with Gasteiger partial charge in [-0.05, 0) is 48.9 Å². The Balaban J connectivity index is 1.68. The molecule has 7 heteroatoms. The summed E-state index contributed by atoms with van der Waals surface area (Å²) in [4.78, 5) is 16.4. The topological polar surface area (TPSA) is 77.2 Å². The van der Waals surface area contributed by atoms with Gasteiger partial charge >= 0.3 is 0 Å². The summed E-state index contributed by atoms with van der Waals surface area (Å²) >= 11 is 6.05. The second kappa shape index (κ2) is 7.36. The van der Waals surface area contributed by atoms with Crippen molar-refractivity contribution >= 4 is 23.2 Å². The van der Waals surface area contributed by atoms with Crippen molar-refractivity contribution in [3.63, 3.8) is 0 Å². The third kappa shape index (κ3) is 3.97. The first kappa shape index (κ1) is 17.0. The molecule has 3 rings (SSSR count). The molecule has 1 N–H and O–H groups in total. The van der Waals surface area contributed by atoms with E-state index in [0.29, 0.717) is 16.5 Å². The van der Waals surface area contributed by atoms with Crippen LogP contribution in [0.25, 0.3) is 11.4 Å². The Labute approximate surface area is 149 Å². The smallest absolute Gasteiger partial charge is 0.236 e. The molecule has 6 nitrogen and oxygen atoms in total. The lowest BCUT2D eigenvalue weighted by Crippen LogP contribution is -2.15. The van der Waals surface area contributed by atoms with Gasteiger partial charge in [0.05, 0.1) is 7.11 Å². The normalized spacial score (nSPS) is 10.5. The van der Waals surface area contributed by atoms with Gasteiger partial charge in [-0.15, -0.1) is 0 Å². The van der Waals surface area contributed by atoms with Crippen LogP contribution in [0.1, 0.15) is 11.5 Å². The van der Waals surface area contributed by atoms with Crippen molar-refractivity contribution in [1.82, 2.24) is 10.1 Å². The summed E-state index contributed by atoms with van der Waals surface area (Å²) in [5.41, 5.74) is 2.25. The molecule has 1 aromatic heterocycles. The maximum absolute atomic E-state index is 12.2. The zero-order valence-electron chi connectivity index (χ0n) is 13.7. The van der Waals surface area contributed by atoms with E-state index in [0.717, 1.165) is 16.9 Å². The first-order chi connectivity index (χ1) is 12.1. The number of halogens is 1. The fourth-order valence-corrected chi connectivity index (χ4v) is 2.43. The van der Waals surface area contributed by atoms with Gasteiger partial charge < -0.3 is 14.6 Å². The van der Waals surface area contributed by atoms with Crippen LogP contribution in [-0.2, 0) is 11.2 Å². The summed E-state index contributed by atoms with van der Waals surface area (Å²) < 4.78 is 10.3. The van der Waals surface area contributed by atoms with Crippen molar-refractivity contribution in [2.24, 2.45) is 0 Å². The zero-order chi connectivity index (χ0) is 17.8. The van der Waals surface area contributed by atoms with Crippen molar-refractivity contribution in [2.45, 2.75) is 13.3 Å². The lowest BCUT2D eigenvalue weighted by molar-refractivity contribution is -0.115. The van der Waals surface area contributed by atoms with Crippen LogP contribution in [0.4, 0.5) is 5.69 Å². The summed E-state index contributed by atoms with van der Waals surface area (Å²) in [6.45, 7) is 1.84. The molecule has 0 aliphatic rings. The Kier molecular flexibility index (Phi) is 5.00. The lowest BCUT2D eigenvalue weighted by atomic mass is 10.2. The minimum Gasteiger partial charge on any atom is -0.497 e. The number of anilines is 1. The van der Waals surface area contributed by atoms with Crippen LogP contribution < -0.4 is 10.1 Å². The third-order valence-corrected chi connectivity index (χ3v) is 4.08. The highest BCUT2D eigenvalue weighted by molar-refractivity contribution is 6.31. The molecule has 25 heavy (non-hydrogen) atoms. The monoisotopic (exact) mass is 357 g/mol. The van der Waals surface area contributed by atoms with Gasteiger partial charge in [-0.2, -0.15) is 4.98 Å². The molecule has 0 atom stereocenters. The molecule has 3 aromatic rings. The third-order valence-electron chi connectivity index (χ3n) is 3.67. The van der Waals surface area contributed by atoms with E-state index in [1.807, 2.05) is 19.1 Å². The minimum atomic E-state index is -0.254. The number of benzene rings is 2. The van der Waals surface area contributed by atoms with E-state index >= 15 is 0 Å². The first-order valence-electron chi connectivity index (χ1n) is 7.59. The van der Waals surface area contributed by atoms with E-state index < -0.39 is 0 Å². The molecule has 1 amide bonds. The number of amides is 1. The molecule has 0 saturated heterocycles. The largest absolute Gasteiger partial charge is 0.497 e. The lowest BCUT2D eigenvalue weighted by Gasteiger charge is -2.08. The molecule has 0 aliphatic carbocycles. The Bertz CT molecular complexity index is 891. The fourth-order valence-electron chi connectivity index (χ4n) is 2.26. The highest BCUT2D eigenvalue weighted by Gasteiger charge is 2.14. The Morgan fingerprint density at radius 2 is 2.00 bits per heavy atom. The van der Waals surface area contributed by atoms with Gasteiger partial charge in [-0.3, -0.25) is 4.79 Å². The molecule has 0 spiro atoms. The second-order valence-corrected chi connectivity index (χ2v) is 5.78. The van der Waals surface area contributed by atoms with E-state index in [1.54, 1.807) is 37.4 Å². The maximum atomic E-state index is 12.2. The molecule has 2 aromatic carbocycles. The molecule has 0 saturated carbocycles. The van der Waals surface area contributed by atoms with Gasteiger partial charge in [-0.1, -0.05) is 22.8 Å². The SMILES string of the molecule is COc1ccc(-c2noc(CC(=O)Nc3cccc(Cl)c3C)n2)cc1. The Morgan fingerprint density at radius 3 is 2.72 bits per heavy atom. The predicted molar refractivity (Wildman–Crippen MR) is 94.8 cm³/mol. The van der Waals surface area contributed by atoms with E-state index in [9.17, 15) is 4.79 Å². The number of hydrogen-bond donors (Lipinski definition) is 1. The van der Waals surface area contributed by atoms with Gasteiger partial charge in [0.1, 0.15) is 12.2 Å². The summed E-state index contributed by atoms with van der Waals surface area (Å²) in [7, 11) is 1.60. The first-order valence-corrected chi connectivity index (χ1v) is 7.96. The number of nitrogens with zero attached hydrogens (tertiary/aromatic N) is 2. The van der Waals surface area contributed by atoms with Crippen molar-refractivity contribution in [3.8, 4) is 17.1 Å². The molecule has 0 unspecified atom stereocenters. The van der Waals surface area contributed by atoms with Crippen LogP contribution in [0.15, 0.2) is 47.0 Å². The van der Waals surface area contributed by atoms with Crippen LogP contribution in [0.3, 0.4) is 0 Å². The van der Waals surface area contributed by atoms with Crippen molar-refractivity contribution in [3.05, 3.63) is 58.9 Å². The molecule has 0 bridgehead atoms. The number of hydrogen-bond acceptors (Lipinski definition) is 5. The van der Waals surface area contributed by atoms with Gasteiger partial charge in [0, 0.05) is 16.3 Å². The van der Waals surface area contributed by atoms with Crippen molar-refractivity contribution in [1.29, 1.82) is 0 Å². The average molecular weight is 358 g/mol. The number of ether oxygens (including phenoxy) is 1. The van der Waals surface area contributed by atoms with Gasteiger partial charge in [0.2, 0.25) is 17.6 Å². The fraction of sp³-hybridized carbons (Fsp3) is 0.167. The quantitative estimate of drug-likeness (QED) is 0.749. The number of nitrogens with one attached hydrogen (secondary N) is 1. The number of aromatic nitrogens is 2. The molecule has 0 radical (unpaired) electrons. The summed E-state index contributed by atoms with van der Waals surface area (Å²) in [6, 6.07) is 12.6. The number of carbonyl (C=O) groups excluding carboxylic acids is 1. The highest BCUT2D eigenvalue weighted by atomic mass is 35.5. The van der Waals surface area contributed by atoms with Crippen molar-refractivity contribution < 1.29 is 14.1 Å². The minimum absolute atomic E-state index is 0.0187. The standard InChI is InChI=1S/C18H16ClN3O3/c1-11-14(19)4-3-5-15(11)20-16(23)10-17-21-18(22-25-17)12-6-8-13(24-2)9-7-12/h3-9H,10H2,1-2H3,(H,20,23). The number of carbonyl (C=O) groups is 1. The van der Waals surface area contributed by atoms with Crippen LogP contribution in [0.5, 0.6) is 5.75 Å². The maximum Gasteiger partial charge on any atom is 0.236 e. The van der Waals surface area contributed by atoms with Crippen LogP contribution in [-0.4, -0.2) is 23.2 Å². The zero-order valence-corrected chi connectivity index (χ0v) is 14.5. The van der Waals surface area contributed by atoms with Crippen LogP contribution >= 0.6 is 11.6 Å². The summed E-state index contributed by atoms with van der Waals surface area (Å²) in [6.07, 6.45) is -0.0187. The molecule has 1 heterocycles. The van der Waals surface area contributed by atoms with Crippen LogP contribution in [0, 0.1) is 6.92 Å². The van der Waals surface area contributed by atoms with Crippen molar-refractivity contribution in [2.75, 3.05) is 12.4 Å². The molecule has 128 valence electrons. The van der Waals surface area contributed by atoms with E-state index in [4.69, 9.17) is 20.9 Å². The van der Waals surface area contributed by atoms with E-state index in [-0.39, 0.29) is 18.2 Å². The Hall–Kier alpha value is -2.86. The summed E-state index contributed by atoms with van der Waals surface area (Å²) in [5.74, 6) is 1.14. The predicted octanol–water partition coefficient (Wildman–Crippen LogP) is 3.89. The molecular weight excluding hydrogens is 342 g/mol. The molecule has 0 fully saturated rings. The molecular formula is C18H16ClN3O3. The number of rotatable bonds is 5. The van der Waals surface area contributed by atoms with Crippen LogP contribution in [0.2, 0.25) is 5.02 Å². The van der Waals surface area contributed by atoms with Gasteiger partial charge in [0.15, 0.2) is 0 Å². The van der Waals surface area contributed by atoms with Gasteiger partial charge in [0.25, 0.3) is 0 Å². The van der Waals surface area contributed by atoms with Gasteiger partial charge in [-0.25, -0.2) is 0 Å². The molecule has 0 aliphatic heterocycles. The van der Waals surface area contributed by atoms with E-state index in [1.165, 1.54) is 0 Å². The van der Waals surface area contributed by atoms with E-state index in [2.05, 4.69) is 15.5 Å². The summed E-state index contributed by atoms with van der Waals surface area (Å²) in [5, 5.41) is 7.30. The number of methoxy groups -OCH3 is 1. The average Bonchev–Trinajstić information content (AvgIpc) is 3.07. The highest BCUT2D eigenvalue weighted by Crippen LogP contribution is 2.23. The second-order valence-electron chi connectivity index (χ2n) is 5.38.